The third-order valence-corrected chi connectivity index (χ3v) is 4.82. The van der Waals surface area contributed by atoms with Crippen molar-refractivity contribution < 1.29 is 20.1 Å². The average molecular weight is 357 g/mol. The number of anilines is 1. The number of fused-ring (bicyclic) bond motifs is 1. The monoisotopic (exact) mass is 357 g/mol. The molecule has 0 amide bonds. The van der Waals surface area contributed by atoms with E-state index in [1.54, 1.807) is 23.2 Å². The predicted molar refractivity (Wildman–Crippen MR) is 92.8 cm³/mol. The van der Waals surface area contributed by atoms with E-state index in [1.165, 1.54) is 13.3 Å². The molecular weight excluding hydrogens is 338 g/mol. The van der Waals surface area contributed by atoms with Gasteiger partial charge in [0.1, 0.15) is 35.6 Å². The quantitative estimate of drug-likeness (QED) is 0.517. The molecule has 4 rings (SSSR count). The maximum atomic E-state index is 10.8. The molecule has 1 saturated heterocycles. The molecule has 5 N–H and O–H groups in total. The summed E-state index contributed by atoms with van der Waals surface area (Å²) in [5.74, 6) is 0.289. The van der Waals surface area contributed by atoms with Gasteiger partial charge in [-0.05, 0) is 24.6 Å². The molecule has 0 aliphatic carbocycles. The maximum absolute atomic E-state index is 10.8. The van der Waals surface area contributed by atoms with E-state index in [0.29, 0.717) is 11.0 Å². The van der Waals surface area contributed by atoms with Gasteiger partial charge in [0, 0.05) is 24.2 Å². The van der Waals surface area contributed by atoms with Gasteiger partial charge in [-0.3, -0.25) is 4.98 Å². The number of aromatic nitrogens is 4. The Labute approximate surface area is 148 Å². The average Bonchev–Trinajstić information content (AvgIpc) is 3.13. The van der Waals surface area contributed by atoms with Gasteiger partial charge in [0.05, 0.1) is 12.0 Å². The van der Waals surface area contributed by atoms with Crippen molar-refractivity contribution in [1.82, 2.24) is 19.5 Å². The van der Waals surface area contributed by atoms with Crippen LogP contribution < -0.4 is 5.73 Å². The van der Waals surface area contributed by atoms with Gasteiger partial charge in [-0.25, -0.2) is 9.97 Å². The molecule has 3 aromatic heterocycles. The fraction of sp³-hybridized carbons (Fsp3) is 0.353. The molecule has 26 heavy (non-hydrogen) atoms. The van der Waals surface area contributed by atoms with Gasteiger partial charge in [0.2, 0.25) is 0 Å². The van der Waals surface area contributed by atoms with Crippen LogP contribution in [0.5, 0.6) is 0 Å². The van der Waals surface area contributed by atoms with Crippen molar-refractivity contribution in [2.45, 2.75) is 31.0 Å². The fourth-order valence-electron chi connectivity index (χ4n) is 3.43. The Morgan fingerprint density at radius 1 is 1.31 bits per heavy atom. The Hall–Kier alpha value is -2.59. The van der Waals surface area contributed by atoms with Crippen LogP contribution in [0.4, 0.5) is 5.82 Å². The molecule has 3 aromatic rings. The highest BCUT2D eigenvalue weighted by molar-refractivity contribution is 6.00. The lowest BCUT2D eigenvalue weighted by molar-refractivity contribution is -0.0948. The molecule has 1 fully saturated rings. The number of aliphatic hydroxyl groups is 3. The molecule has 1 aliphatic heterocycles. The highest BCUT2D eigenvalue weighted by Crippen LogP contribution is 2.42. The van der Waals surface area contributed by atoms with Crippen molar-refractivity contribution in [2.75, 3.05) is 12.3 Å². The van der Waals surface area contributed by atoms with Crippen molar-refractivity contribution in [3.63, 3.8) is 0 Å². The summed E-state index contributed by atoms with van der Waals surface area (Å²) in [5.41, 5.74) is 6.51. The van der Waals surface area contributed by atoms with Gasteiger partial charge in [-0.2, -0.15) is 0 Å². The number of pyridine rings is 1. The number of ether oxygens (including phenoxy) is 1. The number of nitrogens with zero attached hydrogens (tertiary/aromatic N) is 4. The molecule has 9 heteroatoms. The molecule has 0 spiro atoms. The minimum Gasteiger partial charge on any atom is -0.394 e. The van der Waals surface area contributed by atoms with E-state index in [-0.39, 0.29) is 5.82 Å². The molecule has 4 atom stereocenters. The number of rotatable bonds is 3. The van der Waals surface area contributed by atoms with Gasteiger partial charge in [-0.15, -0.1) is 0 Å². The second kappa shape index (κ2) is 5.99. The van der Waals surface area contributed by atoms with E-state index in [0.717, 1.165) is 11.1 Å². The van der Waals surface area contributed by atoms with Crippen LogP contribution in [0.3, 0.4) is 0 Å². The molecule has 0 aromatic carbocycles. The molecule has 4 heterocycles. The minimum absolute atomic E-state index is 0.289. The lowest BCUT2D eigenvalue weighted by atomic mass is 9.96. The Kier molecular flexibility index (Phi) is 3.88. The fourth-order valence-corrected chi connectivity index (χ4v) is 3.43. The van der Waals surface area contributed by atoms with Crippen LogP contribution in [0.25, 0.3) is 22.2 Å². The van der Waals surface area contributed by atoms with Crippen LogP contribution in [-0.4, -0.2) is 59.3 Å². The van der Waals surface area contributed by atoms with Gasteiger partial charge >= 0.3 is 0 Å². The van der Waals surface area contributed by atoms with E-state index >= 15 is 0 Å². The topological polar surface area (TPSA) is 140 Å². The molecule has 1 aliphatic rings. The summed E-state index contributed by atoms with van der Waals surface area (Å²) >= 11 is 0. The van der Waals surface area contributed by atoms with Gasteiger partial charge in [0.15, 0.2) is 6.23 Å². The van der Waals surface area contributed by atoms with Crippen molar-refractivity contribution in [1.29, 1.82) is 0 Å². The molecule has 0 saturated carbocycles. The number of hydrogen-bond acceptors (Lipinski definition) is 8. The Morgan fingerprint density at radius 3 is 2.69 bits per heavy atom. The third-order valence-electron chi connectivity index (χ3n) is 4.82. The third kappa shape index (κ3) is 2.36. The zero-order chi connectivity index (χ0) is 18.5. The van der Waals surface area contributed by atoms with E-state index in [1.807, 2.05) is 12.1 Å². The van der Waals surface area contributed by atoms with Crippen LogP contribution in [0.1, 0.15) is 13.2 Å². The summed E-state index contributed by atoms with van der Waals surface area (Å²) < 4.78 is 7.33. The normalized spacial score (nSPS) is 28.7. The van der Waals surface area contributed by atoms with E-state index in [2.05, 4.69) is 15.0 Å². The summed E-state index contributed by atoms with van der Waals surface area (Å²) in [6.07, 6.45) is 3.28. The van der Waals surface area contributed by atoms with Crippen molar-refractivity contribution in [2.24, 2.45) is 0 Å². The van der Waals surface area contributed by atoms with Crippen molar-refractivity contribution in [3.05, 3.63) is 37.1 Å². The van der Waals surface area contributed by atoms with Crippen molar-refractivity contribution in [3.8, 4) is 11.1 Å². The second-order valence-electron chi connectivity index (χ2n) is 6.52. The Balaban J connectivity index is 1.94. The van der Waals surface area contributed by atoms with E-state index in [9.17, 15) is 15.3 Å². The number of hydrogen-bond donors (Lipinski definition) is 4. The number of nitrogen functional groups attached to an aromatic ring is 1. The molecule has 136 valence electrons. The summed E-state index contributed by atoms with van der Waals surface area (Å²) in [7, 11) is 0. The van der Waals surface area contributed by atoms with E-state index < -0.39 is 30.6 Å². The van der Waals surface area contributed by atoms with Crippen LogP contribution in [0, 0.1) is 0 Å². The number of nitrogens with two attached hydrogens (primary N) is 1. The largest absolute Gasteiger partial charge is 0.394 e. The molecule has 9 nitrogen and oxygen atoms in total. The molecular formula is C17H19N5O4. The van der Waals surface area contributed by atoms with Gasteiger partial charge in [0.25, 0.3) is 0 Å². The highest BCUT2D eigenvalue weighted by Gasteiger charge is 2.53. The van der Waals surface area contributed by atoms with Crippen LogP contribution in [-0.2, 0) is 4.74 Å². The van der Waals surface area contributed by atoms with Gasteiger partial charge < -0.3 is 30.4 Å². The SMILES string of the molecule is C[C@@]1(O)C(O)C(CO)OC1n1cc(-c2ccncc2)c2c(N)ncnc21. The number of aliphatic hydroxyl groups excluding tert-OH is 2. The van der Waals surface area contributed by atoms with Crippen molar-refractivity contribution >= 4 is 16.9 Å². The summed E-state index contributed by atoms with van der Waals surface area (Å²) in [6, 6.07) is 3.65. The lowest BCUT2D eigenvalue weighted by Gasteiger charge is -2.27. The molecule has 3 unspecified atom stereocenters. The standard InChI is InChI=1S/C17H19N5O4/c1-17(25)13(24)11(7-23)26-16(17)22-6-10(9-2-4-19-5-3-9)12-14(18)20-8-21-15(12)22/h2-6,8,11,13,16,23-25H,7H2,1H3,(H2,18,20,21)/t11?,13?,16?,17-/m1/s1. The lowest BCUT2D eigenvalue weighted by Crippen LogP contribution is -2.44. The zero-order valence-corrected chi connectivity index (χ0v) is 14.0. The van der Waals surface area contributed by atoms with Crippen LogP contribution in [0.2, 0.25) is 0 Å². The summed E-state index contributed by atoms with van der Waals surface area (Å²) in [6.45, 7) is 1.04. The maximum Gasteiger partial charge on any atom is 0.167 e. The first-order valence-electron chi connectivity index (χ1n) is 8.13. The smallest absolute Gasteiger partial charge is 0.167 e. The first kappa shape index (κ1) is 16.9. The second-order valence-corrected chi connectivity index (χ2v) is 6.52. The summed E-state index contributed by atoms with van der Waals surface area (Å²) in [4.78, 5) is 12.4. The van der Waals surface area contributed by atoms with Crippen LogP contribution in [0.15, 0.2) is 37.1 Å². The Bertz CT molecular complexity index is 943. The predicted octanol–water partition coefficient (Wildman–Crippen LogP) is 0.0771. The summed E-state index contributed by atoms with van der Waals surface area (Å²) in [5, 5.41) is 31.1. The highest BCUT2D eigenvalue weighted by atomic mass is 16.6. The van der Waals surface area contributed by atoms with Gasteiger partial charge in [-0.1, -0.05) is 0 Å². The zero-order valence-electron chi connectivity index (χ0n) is 14.0. The van der Waals surface area contributed by atoms with Crippen LogP contribution >= 0.6 is 0 Å². The molecule has 0 bridgehead atoms. The minimum atomic E-state index is -1.63. The molecule has 0 radical (unpaired) electrons. The first-order chi connectivity index (χ1) is 12.4. The Morgan fingerprint density at radius 2 is 2.04 bits per heavy atom. The van der Waals surface area contributed by atoms with E-state index in [4.69, 9.17) is 10.5 Å². The first-order valence-corrected chi connectivity index (χ1v) is 8.13.